The zero-order valence-electron chi connectivity index (χ0n) is 14.7. The van der Waals surface area contributed by atoms with Crippen molar-refractivity contribution in [1.82, 2.24) is 24.6 Å². The highest BCUT2D eigenvalue weighted by Gasteiger charge is 2.43. The second-order valence-corrected chi connectivity index (χ2v) is 6.91. The minimum Gasteiger partial charge on any atom is -0.337 e. The van der Waals surface area contributed by atoms with Gasteiger partial charge >= 0.3 is 6.03 Å². The number of nitrogens with one attached hydrogen (secondary N) is 2. The molecule has 1 aliphatic carbocycles. The monoisotopic (exact) mass is 350 g/mol. The molecule has 2 N–H and O–H groups in total. The van der Waals surface area contributed by atoms with Gasteiger partial charge in [-0.25, -0.2) is 14.5 Å². The van der Waals surface area contributed by atoms with Gasteiger partial charge in [0.25, 0.3) is 0 Å². The van der Waals surface area contributed by atoms with Gasteiger partial charge in [-0.3, -0.25) is 0 Å². The van der Waals surface area contributed by atoms with E-state index in [1.165, 1.54) is 0 Å². The Morgan fingerprint density at radius 3 is 2.62 bits per heavy atom. The van der Waals surface area contributed by atoms with Gasteiger partial charge in [-0.05, 0) is 50.1 Å². The Bertz CT molecular complexity index is 877. The second kappa shape index (κ2) is 6.67. The topological polar surface area (TPSA) is 76.8 Å². The minimum atomic E-state index is -0.175. The van der Waals surface area contributed by atoms with Crippen LogP contribution in [0.25, 0.3) is 5.69 Å². The Balaban J connectivity index is 1.29. The Labute approximate surface area is 152 Å². The number of hydrogen-bond acceptors (Lipinski definition) is 3. The number of amides is 2. The van der Waals surface area contributed by atoms with Crippen LogP contribution in [-0.4, -0.2) is 31.9 Å². The molecule has 0 spiro atoms. The van der Waals surface area contributed by atoms with E-state index in [0.717, 1.165) is 36.6 Å². The van der Waals surface area contributed by atoms with Crippen molar-refractivity contribution in [3.05, 3.63) is 60.9 Å². The summed E-state index contributed by atoms with van der Waals surface area (Å²) in [5.74, 6) is 1.01. The van der Waals surface area contributed by atoms with E-state index in [2.05, 4.69) is 25.3 Å². The van der Waals surface area contributed by atoms with Crippen molar-refractivity contribution in [3.8, 4) is 5.69 Å². The average molecular weight is 350 g/mol. The van der Waals surface area contributed by atoms with Crippen LogP contribution in [0.1, 0.15) is 18.7 Å². The third-order valence-corrected chi connectivity index (χ3v) is 4.90. The van der Waals surface area contributed by atoms with Crippen molar-refractivity contribution < 1.29 is 4.79 Å². The van der Waals surface area contributed by atoms with Crippen molar-refractivity contribution in [3.63, 3.8) is 0 Å². The number of aromatic nitrogens is 4. The molecule has 0 atom stereocenters. The quantitative estimate of drug-likeness (QED) is 0.717. The summed E-state index contributed by atoms with van der Waals surface area (Å²) in [7, 11) is 0. The van der Waals surface area contributed by atoms with Gasteiger partial charge in [0.15, 0.2) is 0 Å². The second-order valence-electron chi connectivity index (χ2n) is 6.91. The van der Waals surface area contributed by atoms with Gasteiger partial charge in [0.05, 0.1) is 5.69 Å². The molecule has 0 saturated heterocycles. The zero-order valence-corrected chi connectivity index (χ0v) is 14.7. The number of rotatable bonds is 6. The molecule has 0 unspecified atom stereocenters. The third kappa shape index (κ3) is 3.61. The van der Waals surface area contributed by atoms with Crippen LogP contribution >= 0.6 is 0 Å². The maximum Gasteiger partial charge on any atom is 0.319 e. The average Bonchev–Trinajstić information content (AvgIpc) is 3.02. The summed E-state index contributed by atoms with van der Waals surface area (Å²) in [5, 5.41) is 10.1. The molecular formula is C19H22N6O. The lowest BCUT2D eigenvalue weighted by Gasteiger charge is -2.18. The summed E-state index contributed by atoms with van der Waals surface area (Å²) in [6, 6.07) is 9.29. The van der Waals surface area contributed by atoms with Gasteiger partial charge in [0, 0.05) is 49.0 Å². The van der Waals surface area contributed by atoms with Crippen molar-refractivity contribution >= 4 is 11.7 Å². The molecule has 4 rings (SSSR count). The lowest BCUT2D eigenvalue weighted by Crippen LogP contribution is -2.35. The molecule has 0 radical (unpaired) electrons. The van der Waals surface area contributed by atoms with Crippen molar-refractivity contribution in [2.45, 2.75) is 26.3 Å². The standard InChI is InChI=1S/C19H22N6O/c1-15-20-10-12-24(15)14-19(7-8-19)13-21-18(26)23-16-3-5-17(6-4-16)25-11-2-9-22-25/h2-6,9-12H,7-8,13-14H2,1H3,(H2,21,23,26). The van der Waals surface area contributed by atoms with Crippen LogP contribution in [0.3, 0.4) is 0 Å². The summed E-state index contributed by atoms with van der Waals surface area (Å²) >= 11 is 0. The SMILES string of the molecule is Cc1nccn1CC1(CNC(=O)Nc2ccc(-n3cccn3)cc2)CC1. The molecule has 2 heterocycles. The highest BCUT2D eigenvalue weighted by molar-refractivity contribution is 5.89. The lowest BCUT2D eigenvalue weighted by molar-refractivity contribution is 0.248. The first-order chi connectivity index (χ1) is 12.6. The molecule has 2 amide bonds. The number of aryl methyl sites for hydroxylation is 1. The largest absolute Gasteiger partial charge is 0.337 e. The third-order valence-electron chi connectivity index (χ3n) is 4.90. The Hall–Kier alpha value is -3.09. The summed E-state index contributed by atoms with van der Waals surface area (Å²) in [4.78, 5) is 16.5. The van der Waals surface area contributed by atoms with E-state index in [1.54, 1.807) is 10.9 Å². The number of anilines is 1. The number of urea groups is 1. The molecule has 0 aliphatic heterocycles. The molecule has 1 aromatic carbocycles. The van der Waals surface area contributed by atoms with Gasteiger partial charge in [0.2, 0.25) is 0 Å². The normalized spacial score (nSPS) is 14.8. The molecule has 7 nitrogen and oxygen atoms in total. The van der Waals surface area contributed by atoms with E-state index in [1.807, 2.05) is 55.8 Å². The maximum absolute atomic E-state index is 12.2. The molecule has 134 valence electrons. The molecule has 1 aliphatic rings. The number of nitrogens with zero attached hydrogens (tertiary/aromatic N) is 4. The van der Waals surface area contributed by atoms with Crippen LogP contribution in [-0.2, 0) is 6.54 Å². The summed E-state index contributed by atoms with van der Waals surface area (Å²) < 4.78 is 3.93. The molecule has 7 heteroatoms. The van der Waals surface area contributed by atoms with Crippen LogP contribution in [0.5, 0.6) is 0 Å². The molecular weight excluding hydrogens is 328 g/mol. The Kier molecular flexibility index (Phi) is 4.20. The highest BCUT2D eigenvalue weighted by Crippen LogP contribution is 2.46. The number of carbonyl (C=O) groups excluding carboxylic acids is 1. The molecule has 2 aromatic heterocycles. The van der Waals surface area contributed by atoms with Crippen LogP contribution in [0.4, 0.5) is 10.5 Å². The van der Waals surface area contributed by atoms with Crippen molar-refractivity contribution in [2.24, 2.45) is 5.41 Å². The van der Waals surface area contributed by atoms with E-state index in [0.29, 0.717) is 6.54 Å². The molecule has 26 heavy (non-hydrogen) atoms. The molecule has 3 aromatic rings. The molecule has 1 fully saturated rings. The van der Waals surface area contributed by atoms with Gasteiger partial charge in [0.1, 0.15) is 5.82 Å². The zero-order chi connectivity index (χ0) is 18.0. The number of imidazole rings is 1. The Morgan fingerprint density at radius 2 is 2.00 bits per heavy atom. The molecule has 1 saturated carbocycles. The van der Waals surface area contributed by atoms with Crippen LogP contribution in [0.15, 0.2) is 55.1 Å². The smallest absolute Gasteiger partial charge is 0.319 e. The predicted octanol–water partition coefficient (Wildman–Crippen LogP) is 2.98. The molecule has 0 bridgehead atoms. The summed E-state index contributed by atoms with van der Waals surface area (Å²) in [6.45, 7) is 3.57. The number of benzene rings is 1. The van der Waals surface area contributed by atoms with E-state index in [4.69, 9.17) is 0 Å². The van der Waals surface area contributed by atoms with Crippen LogP contribution in [0, 0.1) is 12.3 Å². The van der Waals surface area contributed by atoms with E-state index in [9.17, 15) is 4.79 Å². The fourth-order valence-electron chi connectivity index (χ4n) is 3.06. The van der Waals surface area contributed by atoms with E-state index >= 15 is 0 Å². The van der Waals surface area contributed by atoms with E-state index < -0.39 is 0 Å². The number of carbonyl (C=O) groups is 1. The Morgan fingerprint density at radius 1 is 1.19 bits per heavy atom. The fraction of sp³-hybridized carbons (Fsp3) is 0.316. The lowest BCUT2D eigenvalue weighted by atomic mass is 10.1. The minimum absolute atomic E-state index is 0.159. The summed E-state index contributed by atoms with van der Waals surface area (Å²) in [6.07, 6.45) is 9.69. The van der Waals surface area contributed by atoms with Crippen LogP contribution < -0.4 is 10.6 Å². The van der Waals surface area contributed by atoms with Crippen molar-refractivity contribution in [2.75, 3.05) is 11.9 Å². The van der Waals surface area contributed by atoms with Crippen LogP contribution in [0.2, 0.25) is 0 Å². The fourth-order valence-corrected chi connectivity index (χ4v) is 3.06. The van der Waals surface area contributed by atoms with Crippen molar-refractivity contribution in [1.29, 1.82) is 0 Å². The van der Waals surface area contributed by atoms with Gasteiger partial charge in [-0.15, -0.1) is 0 Å². The van der Waals surface area contributed by atoms with E-state index in [-0.39, 0.29) is 11.4 Å². The first-order valence-electron chi connectivity index (χ1n) is 8.76. The highest BCUT2D eigenvalue weighted by atomic mass is 16.2. The van der Waals surface area contributed by atoms with Gasteiger partial charge in [-0.2, -0.15) is 5.10 Å². The van der Waals surface area contributed by atoms with Gasteiger partial charge in [-0.1, -0.05) is 0 Å². The first-order valence-corrected chi connectivity index (χ1v) is 8.76. The van der Waals surface area contributed by atoms with Gasteiger partial charge < -0.3 is 15.2 Å². The maximum atomic E-state index is 12.2. The number of hydrogen-bond donors (Lipinski definition) is 2. The summed E-state index contributed by atoms with van der Waals surface area (Å²) in [5.41, 5.74) is 1.87. The predicted molar refractivity (Wildman–Crippen MR) is 99.2 cm³/mol. The first kappa shape index (κ1) is 16.4.